The number of nitrogens with zero attached hydrogens (tertiary/aromatic N) is 5. The van der Waals surface area contributed by atoms with Crippen LogP contribution in [-0.2, 0) is 20.9 Å². The van der Waals surface area contributed by atoms with Crippen LogP contribution in [0.15, 0.2) is 54.6 Å². The topological polar surface area (TPSA) is 92.6 Å². The lowest BCUT2D eigenvalue weighted by Crippen LogP contribution is -2.52. The normalized spacial score (nSPS) is 15.5. The van der Waals surface area contributed by atoms with Crippen LogP contribution in [0.25, 0.3) is 11.0 Å². The molecule has 9 heteroatoms. The summed E-state index contributed by atoms with van der Waals surface area (Å²) in [6, 6.07) is 16.3. The molecule has 9 nitrogen and oxygen atoms in total. The van der Waals surface area contributed by atoms with Gasteiger partial charge in [-0.25, -0.2) is 4.68 Å². The summed E-state index contributed by atoms with van der Waals surface area (Å²) in [7, 11) is 0. The smallest absolute Gasteiger partial charge is 0.247 e. The summed E-state index contributed by atoms with van der Waals surface area (Å²) in [6.45, 7) is 10.0. The maximum absolute atomic E-state index is 13.9. The number of rotatable bonds is 10. The van der Waals surface area contributed by atoms with E-state index >= 15 is 0 Å². The molecule has 1 aliphatic heterocycles. The highest BCUT2D eigenvalue weighted by Crippen LogP contribution is 2.24. The largest absolute Gasteiger partial charge is 0.379 e. The number of nitrogens with one attached hydrogen (secondary N) is 1. The summed E-state index contributed by atoms with van der Waals surface area (Å²) >= 11 is 0. The molecule has 0 aliphatic carbocycles. The molecule has 2 amide bonds. The third-order valence-electron chi connectivity index (χ3n) is 6.81. The first-order valence-electron chi connectivity index (χ1n) is 12.6. The van der Waals surface area contributed by atoms with Gasteiger partial charge in [0.15, 0.2) is 0 Å². The zero-order valence-corrected chi connectivity index (χ0v) is 21.4. The standard InChI is InChI=1S/C27H36N6O3/c1-4-27(2,3)28-26(35)25(21-10-6-5-7-11-21)32(15-14-31-16-18-36-19-17-31)24(34)20-33-23-13-9-8-12-22(23)29-30-33/h5-13,25H,4,14-20H2,1-3H3,(H,28,35)/t25-/m0/s1. The van der Waals surface area contributed by atoms with Crippen molar-refractivity contribution in [1.82, 2.24) is 30.1 Å². The third kappa shape index (κ3) is 6.27. The van der Waals surface area contributed by atoms with E-state index in [9.17, 15) is 9.59 Å². The molecular formula is C27H36N6O3. The number of ether oxygens (including phenoxy) is 1. The lowest BCUT2D eigenvalue weighted by atomic mass is 9.98. The average Bonchev–Trinajstić information content (AvgIpc) is 3.30. The van der Waals surface area contributed by atoms with Crippen LogP contribution in [-0.4, -0.2) is 81.5 Å². The van der Waals surface area contributed by atoms with Crippen molar-refractivity contribution in [2.75, 3.05) is 39.4 Å². The summed E-state index contributed by atoms with van der Waals surface area (Å²) in [5.74, 6) is -0.371. The number of carbonyl (C=O) groups is 2. The van der Waals surface area contributed by atoms with Crippen LogP contribution in [0.1, 0.15) is 38.8 Å². The number of hydrogen-bond acceptors (Lipinski definition) is 6. The number of carbonyl (C=O) groups excluding carboxylic acids is 2. The van der Waals surface area contributed by atoms with Crippen LogP contribution >= 0.6 is 0 Å². The maximum atomic E-state index is 13.9. The highest BCUT2D eigenvalue weighted by Gasteiger charge is 2.34. The van der Waals surface area contributed by atoms with E-state index in [1.54, 1.807) is 9.58 Å². The van der Waals surface area contributed by atoms with Crippen molar-refractivity contribution in [2.24, 2.45) is 0 Å². The molecule has 1 aromatic heterocycles. The van der Waals surface area contributed by atoms with E-state index in [4.69, 9.17) is 4.74 Å². The van der Waals surface area contributed by atoms with Gasteiger partial charge < -0.3 is 15.0 Å². The number of amides is 2. The molecule has 1 N–H and O–H groups in total. The van der Waals surface area contributed by atoms with Crippen LogP contribution in [0, 0.1) is 0 Å². The second-order valence-corrected chi connectivity index (χ2v) is 9.82. The minimum absolute atomic E-state index is 0.00257. The number of para-hydroxylation sites is 1. The summed E-state index contributed by atoms with van der Waals surface area (Å²) in [5.41, 5.74) is 1.89. The minimum atomic E-state index is -0.764. The molecule has 0 unspecified atom stereocenters. The zero-order chi connectivity index (χ0) is 25.5. The van der Waals surface area contributed by atoms with Gasteiger partial charge in [-0.3, -0.25) is 14.5 Å². The van der Waals surface area contributed by atoms with Crippen LogP contribution in [0.2, 0.25) is 0 Å². The van der Waals surface area contributed by atoms with Crippen LogP contribution < -0.4 is 5.32 Å². The first kappa shape index (κ1) is 25.8. The van der Waals surface area contributed by atoms with Gasteiger partial charge in [-0.05, 0) is 38.0 Å². The molecule has 3 aromatic rings. The predicted octanol–water partition coefficient (Wildman–Crippen LogP) is 2.64. The Labute approximate surface area is 212 Å². The first-order chi connectivity index (χ1) is 17.4. The molecule has 2 heterocycles. The average molecular weight is 493 g/mol. The Morgan fingerprint density at radius 3 is 2.50 bits per heavy atom. The van der Waals surface area contributed by atoms with Crippen LogP contribution in [0.3, 0.4) is 0 Å². The number of hydrogen-bond donors (Lipinski definition) is 1. The molecule has 0 radical (unpaired) electrons. The van der Waals surface area contributed by atoms with Gasteiger partial charge in [-0.1, -0.05) is 54.6 Å². The molecule has 1 fully saturated rings. The molecule has 0 bridgehead atoms. The van der Waals surface area contributed by atoms with Crippen molar-refractivity contribution in [3.63, 3.8) is 0 Å². The Morgan fingerprint density at radius 2 is 1.78 bits per heavy atom. The van der Waals surface area contributed by atoms with Crippen molar-refractivity contribution in [3.05, 3.63) is 60.2 Å². The van der Waals surface area contributed by atoms with Gasteiger partial charge in [0.25, 0.3) is 0 Å². The van der Waals surface area contributed by atoms with E-state index in [0.29, 0.717) is 26.3 Å². The van der Waals surface area contributed by atoms with Crippen molar-refractivity contribution in [2.45, 2.75) is 45.3 Å². The highest BCUT2D eigenvalue weighted by atomic mass is 16.5. The van der Waals surface area contributed by atoms with E-state index in [1.165, 1.54) is 0 Å². The molecule has 4 rings (SSSR count). The van der Waals surface area contributed by atoms with Gasteiger partial charge in [-0.2, -0.15) is 0 Å². The number of fused-ring (bicyclic) bond motifs is 1. The second kappa shape index (κ2) is 11.6. The predicted molar refractivity (Wildman–Crippen MR) is 138 cm³/mol. The Kier molecular flexibility index (Phi) is 8.32. The van der Waals surface area contributed by atoms with Gasteiger partial charge >= 0.3 is 0 Å². The van der Waals surface area contributed by atoms with E-state index < -0.39 is 11.6 Å². The molecule has 2 aromatic carbocycles. The van der Waals surface area contributed by atoms with E-state index in [2.05, 4.69) is 20.5 Å². The van der Waals surface area contributed by atoms with Crippen LogP contribution in [0.5, 0.6) is 0 Å². The quantitative estimate of drug-likeness (QED) is 0.468. The summed E-state index contributed by atoms with van der Waals surface area (Å²) in [6.07, 6.45) is 0.771. The fourth-order valence-corrected chi connectivity index (χ4v) is 4.32. The van der Waals surface area contributed by atoms with E-state index in [1.807, 2.05) is 75.4 Å². The second-order valence-electron chi connectivity index (χ2n) is 9.82. The molecule has 0 saturated carbocycles. The van der Waals surface area contributed by atoms with E-state index in [0.717, 1.165) is 36.1 Å². The molecule has 1 atom stereocenters. The fraction of sp³-hybridized carbons (Fsp3) is 0.481. The molecule has 1 saturated heterocycles. The Bertz CT molecular complexity index is 1160. The van der Waals surface area contributed by atoms with Gasteiger partial charge in [0, 0.05) is 31.7 Å². The SMILES string of the molecule is CCC(C)(C)NC(=O)[C@H](c1ccccc1)N(CCN1CCOCC1)C(=O)Cn1nnc2ccccc21. The Balaban J connectivity index is 1.66. The number of morpholine rings is 1. The highest BCUT2D eigenvalue weighted by molar-refractivity contribution is 5.89. The maximum Gasteiger partial charge on any atom is 0.247 e. The minimum Gasteiger partial charge on any atom is -0.379 e. The molecular weight excluding hydrogens is 456 g/mol. The van der Waals surface area contributed by atoms with Crippen molar-refractivity contribution in [3.8, 4) is 0 Å². The fourth-order valence-electron chi connectivity index (χ4n) is 4.32. The summed E-state index contributed by atoms with van der Waals surface area (Å²) < 4.78 is 7.09. The molecule has 1 aliphatic rings. The van der Waals surface area contributed by atoms with Gasteiger partial charge in [-0.15, -0.1) is 5.10 Å². The summed E-state index contributed by atoms with van der Waals surface area (Å²) in [5, 5.41) is 11.6. The molecule has 0 spiro atoms. The van der Waals surface area contributed by atoms with Crippen LogP contribution in [0.4, 0.5) is 0 Å². The monoisotopic (exact) mass is 492 g/mol. The van der Waals surface area contributed by atoms with Gasteiger partial charge in [0.05, 0.1) is 18.7 Å². The number of aromatic nitrogens is 3. The third-order valence-corrected chi connectivity index (χ3v) is 6.81. The Morgan fingerprint density at radius 1 is 1.08 bits per heavy atom. The lowest BCUT2D eigenvalue weighted by Gasteiger charge is -2.36. The zero-order valence-electron chi connectivity index (χ0n) is 21.4. The summed E-state index contributed by atoms with van der Waals surface area (Å²) in [4.78, 5) is 31.6. The van der Waals surface area contributed by atoms with Crippen molar-refractivity contribution >= 4 is 22.8 Å². The molecule has 192 valence electrons. The van der Waals surface area contributed by atoms with Gasteiger partial charge in [0.1, 0.15) is 18.1 Å². The first-order valence-corrected chi connectivity index (χ1v) is 12.6. The van der Waals surface area contributed by atoms with E-state index in [-0.39, 0.29) is 18.4 Å². The van der Waals surface area contributed by atoms with Crippen molar-refractivity contribution in [1.29, 1.82) is 0 Å². The van der Waals surface area contributed by atoms with Crippen molar-refractivity contribution < 1.29 is 14.3 Å². The lowest BCUT2D eigenvalue weighted by molar-refractivity contribution is -0.142. The molecule has 36 heavy (non-hydrogen) atoms. The van der Waals surface area contributed by atoms with Gasteiger partial charge in [0.2, 0.25) is 11.8 Å². The number of benzene rings is 2. The Hall–Kier alpha value is -3.30.